The van der Waals surface area contributed by atoms with Crippen LogP contribution in [0.15, 0.2) is 0 Å². The molecule has 0 saturated heterocycles. The van der Waals surface area contributed by atoms with E-state index >= 15 is 0 Å². The molecule has 9 heteroatoms. The molecule has 1 N–H and O–H groups in total. The summed E-state index contributed by atoms with van der Waals surface area (Å²) in [6.07, 6.45) is 9.62. The maximum Gasteiger partial charge on any atom is 0.315 e. The fourth-order valence-electron chi connectivity index (χ4n) is 4.35. The van der Waals surface area contributed by atoms with E-state index < -0.39 is 5.97 Å². The molecule has 34 heavy (non-hydrogen) atoms. The average molecular weight is 485 g/mol. The van der Waals surface area contributed by atoms with E-state index in [-0.39, 0.29) is 43.3 Å². The summed E-state index contributed by atoms with van der Waals surface area (Å²) in [5.41, 5.74) is 0. The smallest absolute Gasteiger partial charge is 0.315 e. The van der Waals surface area contributed by atoms with Gasteiger partial charge in [0.05, 0.1) is 32.7 Å². The normalized spacial score (nSPS) is 15.9. The van der Waals surface area contributed by atoms with E-state index in [0.29, 0.717) is 32.2 Å². The van der Waals surface area contributed by atoms with Gasteiger partial charge in [0.25, 0.3) is 0 Å². The zero-order chi connectivity index (χ0) is 25.2. The number of carbonyl (C=O) groups is 4. The fraction of sp³-hybridized carbons (Fsp3) is 0.840. The van der Waals surface area contributed by atoms with Gasteiger partial charge in [0.15, 0.2) is 0 Å². The van der Waals surface area contributed by atoms with Crippen molar-refractivity contribution >= 4 is 23.8 Å². The lowest BCUT2D eigenvalue weighted by Gasteiger charge is -2.28. The minimum atomic E-state index is -0.512. The highest BCUT2D eigenvalue weighted by Crippen LogP contribution is 2.24. The SMILES string of the molecule is CCOC(=O)CCN(C(=O)CC(=O)OCC)C1CCCC1.CCOC(=O)CCNC1CCCC1. The predicted octanol–water partition coefficient (Wildman–Crippen LogP) is 3.14. The average Bonchev–Trinajstić information content (AvgIpc) is 3.50. The zero-order valence-corrected chi connectivity index (χ0v) is 21.3. The van der Waals surface area contributed by atoms with E-state index in [1.807, 2.05) is 6.92 Å². The number of ether oxygens (including phenoxy) is 3. The molecule has 2 aliphatic rings. The van der Waals surface area contributed by atoms with Crippen LogP contribution in [-0.2, 0) is 33.4 Å². The van der Waals surface area contributed by atoms with Gasteiger partial charge in [-0.2, -0.15) is 0 Å². The van der Waals surface area contributed by atoms with Crippen molar-refractivity contribution in [3.05, 3.63) is 0 Å². The number of hydrogen-bond acceptors (Lipinski definition) is 8. The third-order valence-electron chi connectivity index (χ3n) is 5.97. The summed E-state index contributed by atoms with van der Waals surface area (Å²) < 4.78 is 14.5. The molecule has 0 aromatic carbocycles. The first kappa shape index (κ1) is 29.9. The first-order valence-corrected chi connectivity index (χ1v) is 12.9. The second-order valence-electron chi connectivity index (χ2n) is 8.55. The van der Waals surface area contributed by atoms with Crippen molar-refractivity contribution in [3.8, 4) is 0 Å². The predicted molar refractivity (Wildman–Crippen MR) is 128 cm³/mol. The van der Waals surface area contributed by atoms with Crippen LogP contribution in [0.25, 0.3) is 0 Å². The summed E-state index contributed by atoms with van der Waals surface area (Å²) in [6.45, 7) is 7.45. The minimum Gasteiger partial charge on any atom is -0.466 e. The first-order valence-electron chi connectivity index (χ1n) is 12.9. The standard InChI is InChI=1S/C15H25NO5.C10H19NO2/c1-3-20-14(18)9-10-16(12-7-5-6-8-12)13(17)11-15(19)21-4-2;1-2-13-10(12)7-8-11-9-5-3-4-6-9/h12H,3-11H2,1-2H3;9,11H,2-8H2,1H3. The van der Waals surface area contributed by atoms with Crippen molar-refractivity contribution in [3.63, 3.8) is 0 Å². The largest absolute Gasteiger partial charge is 0.466 e. The number of carbonyl (C=O) groups excluding carboxylic acids is 4. The number of esters is 3. The molecule has 1 amide bonds. The summed E-state index contributed by atoms with van der Waals surface area (Å²) in [5, 5.41) is 3.37. The monoisotopic (exact) mass is 484 g/mol. The van der Waals surface area contributed by atoms with E-state index in [9.17, 15) is 19.2 Å². The van der Waals surface area contributed by atoms with Crippen molar-refractivity contribution in [1.29, 1.82) is 0 Å². The maximum absolute atomic E-state index is 12.3. The lowest BCUT2D eigenvalue weighted by Crippen LogP contribution is -2.41. The van der Waals surface area contributed by atoms with Gasteiger partial charge < -0.3 is 24.4 Å². The molecule has 0 aromatic rings. The Balaban J connectivity index is 0.000000380. The summed E-state index contributed by atoms with van der Waals surface area (Å²) in [6, 6.07) is 0.774. The lowest BCUT2D eigenvalue weighted by atomic mass is 10.2. The minimum absolute atomic E-state index is 0.0898. The van der Waals surface area contributed by atoms with Crippen LogP contribution in [0.3, 0.4) is 0 Å². The molecule has 9 nitrogen and oxygen atoms in total. The van der Waals surface area contributed by atoms with E-state index in [2.05, 4.69) is 5.32 Å². The molecule has 0 atom stereocenters. The Morgan fingerprint density at radius 2 is 1.24 bits per heavy atom. The van der Waals surface area contributed by atoms with Gasteiger partial charge in [-0.25, -0.2) is 0 Å². The topological polar surface area (TPSA) is 111 Å². The molecule has 0 heterocycles. The molecule has 0 aromatic heterocycles. The highest BCUT2D eigenvalue weighted by atomic mass is 16.5. The van der Waals surface area contributed by atoms with Gasteiger partial charge in [-0.15, -0.1) is 0 Å². The molecule has 0 unspecified atom stereocenters. The van der Waals surface area contributed by atoms with Crippen molar-refractivity contribution in [2.24, 2.45) is 0 Å². The van der Waals surface area contributed by atoms with Crippen LogP contribution in [0, 0.1) is 0 Å². The number of hydrogen-bond donors (Lipinski definition) is 1. The Morgan fingerprint density at radius 3 is 1.79 bits per heavy atom. The maximum atomic E-state index is 12.3. The van der Waals surface area contributed by atoms with Crippen LogP contribution < -0.4 is 5.32 Å². The second kappa shape index (κ2) is 18.2. The fourth-order valence-corrected chi connectivity index (χ4v) is 4.35. The molecule has 2 saturated carbocycles. The number of nitrogens with zero attached hydrogens (tertiary/aromatic N) is 1. The Morgan fingerprint density at radius 1 is 0.735 bits per heavy atom. The Bertz CT molecular complexity index is 614. The van der Waals surface area contributed by atoms with E-state index in [1.165, 1.54) is 25.7 Å². The van der Waals surface area contributed by atoms with Crippen LogP contribution in [0.1, 0.15) is 91.4 Å². The van der Waals surface area contributed by atoms with Gasteiger partial charge >= 0.3 is 17.9 Å². The molecular formula is C25H44N2O7. The summed E-state index contributed by atoms with van der Waals surface area (Å²) in [7, 11) is 0. The third kappa shape index (κ3) is 12.9. The third-order valence-corrected chi connectivity index (χ3v) is 5.97. The quantitative estimate of drug-likeness (QED) is 0.241. The number of rotatable bonds is 13. The summed E-state index contributed by atoms with van der Waals surface area (Å²) in [4.78, 5) is 47.8. The van der Waals surface area contributed by atoms with Crippen molar-refractivity contribution in [1.82, 2.24) is 10.2 Å². The van der Waals surface area contributed by atoms with Crippen LogP contribution in [0.2, 0.25) is 0 Å². The van der Waals surface area contributed by atoms with Crippen LogP contribution in [0.5, 0.6) is 0 Å². The lowest BCUT2D eigenvalue weighted by molar-refractivity contribution is -0.150. The number of amides is 1. The Hall–Kier alpha value is -2.16. The molecule has 2 aliphatic carbocycles. The second-order valence-corrected chi connectivity index (χ2v) is 8.55. The molecule has 196 valence electrons. The van der Waals surface area contributed by atoms with Gasteiger partial charge in [0.2, 0.25) is 5.91 Å². The van der Waals surface area contributed by atoms with Crippen LogP contribution in [-0.4, -0.2) is 73.7 Å². The van der Waals surface area contributed by atoms with Gasteiger partial charge in [-0.3, -0.25) is 19.2 Å². The van der Waals surface area contributed by atoms with Gasteiger partial charge in [-0.1, -0.05) is 25.7 Å². The van der Waals surface area contributed by atoms with Crippen molar-refractivity contribution < 1.29 is 33.4 Å². The molecule has 2 fully saturated rings. The summed E-state index contributed by atoms with van der Waals surface area (Å²) in [5.74, 6) is -1.18. The van der Waals surface area contributed by atoms with Gasteiger partial charge in [0, 0.05) is 25.2 Å². The van der Waals surface area contributed by atoms with Crippen molar-refractivity contribution in [2.45, 2.75) is 103 Å². The molecule has 0 spiro atoms. The zero-order valence-electron chi connectivity index (χ0n) is 21.3. The van der Waals surface area contributed by atoms with Gasteiger partial charge in [0.1, 0.15) is 6.42 Å². The molecule has 2 rings (SSSR count). The van der Waals surface area contributed by atoms with Crippen LogP contribution >= 0.6 is 0 Å². The van der Waals surface area contributed by atoms with Crippen molar-refractivity contribution in [2.75, 3.05) is 32.9 Å². The van der Waals surface area contributed by atoms with E-state index in [1.54, 1.807) is 18.7 Å². The highest BCUT2D eigenvalue weighted by molar-refractivity contribution is 5.94. The molecule has 0 bridgehead atoms. The molecular weight excluding hydrogens is 440 g/mol. The number of nitrogens with one attached hydrogen (secondary N) is 1. The first-order chi connectivity index (χ1) is 16.4. The Kier molecular flexibility index (Phi) is 16.0. The highest BCUT2D eigenvalue weighted by Gasteiger charge is 2.28. The van der Waals surface area contributed by atoms with Crippen LogP contribution in [0.4, 0.5) is 0 Å². The van der Waals surface area contributed by atoms with Gasteiger partial charge in [-0.05, 0) is 46.5 Å². The van der Waals surface area contributed by atoms with E-state index in [0.717, 1.165) is 32.2 Å². The molecule has 0 aliphatic heterocycles. The van der Waals surface area contributed by atoms with E-state index in [4.69, 9.17) is 14.2 Å². The molecule has 0 radical (unpaired) electrons. The Labute approximate surface area is 204 Å². The summed E-state index contributed by atoms with van der Waals surface area (Å²) >= 11 is 0.